The van der Waals surface area contributed by atoms with E-state index in [-0.39, 0.29) is 0 Å². The van der Waals surface area contributed by atoms with Crippen molar-refractivity contribution in [2.24, 2.45) is 5.92 Å². The van der Waals surface area contributed by atoms with Crippen LogP contribution >= 0.6 is 0 Å². The van der Waals surface area contributed by atoms with Crippen molar-refractivity contribution in [3.63, 3.8) is 0 Å². The molecule has 0 spiro atoms. The Morgan fingerprint density at radius 2 is 2.00 bits per heavy atom. The summed E-state index contributed by atoms with van der Waals surface area (Å²) in [7, 11) is 1.92. The van der Waals surface area contributed by atoms with Gasteiger partial charge < -0.3 is 5.32 Å². The van der Waals surface area contributed by atoms with E-state index in [2.05, 4.69) is 43.3 Å². The summed E-state index contributed by atoms with van der Waals surface area (Å²) in [5.41, 5.74) is 2.21. The molecule has 4 heteroatoms. The van der Waals surface area contributed by atoms with E-state index in [9.17, 15) is 0 Å². The molecule has 0 amide bonds. The number of rotatable bonds is 4. The first-order valence-electron chi connectivity index (χ1n) is 5.13. The fourth-order valence-electron chi connectivity index (χ4n) is 1.37. The summed E-state index contributed by atoms with van der Waals surface area (Å²) in [6.45, 7) is 9.44. The smallest absolute Gasteiger partial charge is 0.0993 e. The molecular formula is C10H20N4. The van der Waals surface area contributed by atoms with E-state index in [1.807, 2.05) is 11.7 Å². The van der Waals surface area contributed by atoms with Crippen LogP contribution in [0.15, 0.2) is 0 Å². The van der Waals surface area contributed by atoms with Crippen LogP contribution in [0.1, 0.15) is 38.2 Å². The van der Waals surface area contributed by atoms with E-state index >= 15 is 0 Å². The maximum atomic E-state index is 4.18. The summed E-state index contributed by atoms with van der Waals surface area (Å²) < 4.78 is 2.01. The highest BCUT2D eigenvalue weighted by atomic mass is 15.4. The first kappa shape index (κ1) is 11.2. The van der Waals surface area contributed by atoms with Gasteiger partial charge in [-0.25, -0.2) is 4.68 Å². The van der Waals surface area contributed by atoms with Crippen molar-refractivity contribution in [2.75, 3.05) is 7.05 Å². The molecule has 1 unspecified atom stereocenters. The zero-order valence-electron chi connectivity index (χ0n) is 9.70. The monoisotopic (exact) mass is 196 g/mol. The number of nitrogens with zero attached hydrogens (tertiary/aromatic N) is 3. The quantitative estimate of drug-likeness (QED) is 0.794. The molecule has 0 aromatic carbocycles. The minimum Gasteiger partial charge on any atom is -0.314 e. The summed E-state index contributed by atoms with van der Waals surface area (Å²) in [6.07, 6.45) is 0. The Labute approximate surface area is 85.7 Å². The molecule has 0 aliphatic rings. The van der Waals surface area contributed by atoms with Crippen molar-refractivity contribution < 1.29 is 0 Å². The minimum atomic E-state index is 0.410. The van der Waals surface area contributed by atoms with Gasteiger partial charge in [0.05, 0.1) is 17.4 Å². The Morgan fingerprint density at radius 1 is 1.36 bits per heavy atom. The fraction of sp³-hybridized carbons (Fsp3) is 0.800. The fourth-order valence-corrected chi connectivity index (χ4v) is 1.37. The van der Waals surface area contributed by atoms with E-state index in [0.29, 0.717) is 12.0 Å². The van der Waals surface area contributed by atoms with E-state index in [1.165, 1.54) is 5.69 Å². The zero-order chi connectivity index (χ0) is 10.7. The Balaban J connectivity index is 2.88. The second kappa shape index (κ2) is 4.55. The van der Waals surface area contributed by atoms with Gasteiger partial charge in [0.2, 0.25) is 0 Å². The molecule has 1 rings (SSSR count). The highest BCUT2D eigenvalue weighted by molar-refractivity contribution is 5.08. The van der Waals surface area contributed by atoms with Gasteiger partial charge in [-0.3, -0.25) is 0 Å². The summed E-state index contributed by atoms with van der Waals surface area (Å²) in [6, 6.07) is 0.410. The lowest BCUT2D eigenvalue weighted by Crippen LogP contribution is -2.15. The molecule has 0 bridgehead atoms. The molecule has 1 N–H and O–H groups in total. The maximum Gasteiger partial charge on any atom is 0.0993 e. The van der Waals surface area contributed by atoms with E-state index in [0.717, 1.165) is 12.2 Å². The lowest BCUT2D eigenvalue weighted by Gasteiger charge is -2.16. The molecule has 1 aromatic rings. The van der Waals surface area contributed by atoms with Crippen LogP contribution in [0.25, 0.3) is 0 Å². The number of hydrogen-bond donors (Lipinski definition) is 1. The largest absolute Gasteiger partial charge is 0.314 e. The topological polar surface area (TPSA) is 42.7 Å². The third-order valence-corrected chi connectivity index (χ3v) is 2.72. The van der Waals surface area contributed by atoms with Crippen LogP contribution in [0, 0.1) is 12.8 Å². The first-order chi connectivity index (χ1) is 6.57. The third-order valence-electron chi connectivity index (χ3n) is 2.72. The van der Waals surface area contributed by atoms with Crippen LogP contribution in [0.3, 0.4) is 0 Å². The predicted octanol–water partition coefficient (Wildman–Crippen LogP) is 1.52. The molecule has 1 aromatic heterocycles. The van der Waals surface area contributed by atoms with Crippen molar-refractivity contribution in [2.45, 2.75) is 40.3 Å². The highest BCUT2D eigenvalue weighted by Crippen LogP contribution is 2.18. The van der Waals surface area contributed by atoms with Crippen LogP contribution in [-0.2, 0) is 6.54 Å². The first-order valence-corrected chi connectivity index (χ1v) is 5.13. The van der Waals surface area contributed by atoms with Crippen LogP contribution in [0.4, 0.5) is 0 Å². The average molecular weight is 196 g/mol. The van der Waals surface area contributed by atoms with Gasteiger partial charge >= 0.3 is 0 Å². The lowest BCUT2D eigenvalue weighted by atomic mass is 10.1. The van der Waals surface area contributed by atoms with Crippen LogP contribution in [0.5, 0.6) is 0 Å². The Bertz CT molecular complexity index is 290. The van der Waals surface area contributed by atoms with Gasteiger partial charge in [-0.1, -0.05) is 19.1 Å². The normalized spacial score (nSPS) is 13.6. The Morgan fingerprint density at radius 3 is 2.50 bits per heavy atom. The molecular weight excluding hydrogens is 176 g/mol. The maximum absolute atomic E-state index is 4.18. The molecule has 0 saturated heterocycles. The van der Waals surface area contributed by atoms with E-state index in [4.69, 9.17) is 0 Å². The number of nitrogens with one attached hydrogen (secondary N) is 1. The van der Waals surface area contributed by atoms with Crippen molar-refractivity contribution in [3.8, 4) is 0 Å². The molecule has 1 heterocycles. The van der Waals surface area contributed by atoms with Crippen molar-refractivity contribution in [1.29, 1.82) is 0 Å². The molecule has 0 saturated carbocycles. The van der Waals surface area contributed by atoms with E-state index < -0.39 is 0 Å². The molecule has 0 aliphatic carbocycles. The molecule has 4 nitrogen and oxygen atoms in total. The van der Waals surface area contributed by atoms with Crippen molar-refractivity contribution in [3.05, 3.63) is 11.4 Å². The summed E-state index contributed by atoms with van der Waals surface area (Å²) >= 11 is 0. The standard InChI is InChI=1S/C10H20N4/c1-7(2)8(3)14-9(4)10(6-11-5)12-13-14/h7-8,11H,6H2,1-5H3. The summed E-state index contributed by atoms with van der Waals surface area (Å²) in [4.78, 5) is 0. The second-order valence-corrected chi connectivity index (χ2v) is 4.08. The van der Waals surface area contributed by atoms with Gasteiger partial charge in [0.25, 0.3) is 0 Å². The molecule has 1 atom stereocenters. The van der Waals surface area contributed by atoms with Crippen LogP contribution in [0.2, 0.25) is 0 Å². The van der Waals surface area contributed by atoms with Gasteiger partial charge in [-0.05, 0) is 26.8 Å². The number of hydrogen-bond acceptors (Lipinski definition) is 3. The van der Waals surface area contributed by atoms with Crippen LogP contribution < -0.4 is 5.32 Å². The SMILES string of the molecule is CNCc1nnn(C(C)C(C)C)c1C. The van der Waals surface area contributed by atoms with Crippen molar-refractivity contribution >= 4 is 0 Å². The summed E-state index contributed by atoms with van der Waals surface area (Å²) in [5.74, 6) is 0.581. The lowest BCUT2D eigenvalue weighted by molar-refractivity contribution is 0.362. The Kier molecular flexibility index (Phi) is 3.63. The van der Waals surface area contributed by atoms with Crippen molar-refractivity contribution in [1.82, 2.24) is 20.3 Å². The third kappa shape index (κ3) is 2.12. The number of aromatic nitrogens is 3. The van der Waals surface area contributed by atoms with E-state index in [1.54, 1.807) is 0 Å². The van der Waals surface area contributed by atoms with Gasteiger partial charge in [-0.15, -0.1) is 5.10 Å². The minimum absolute atomic E-state index is 0.410. The van der Waals surface area contributed by atoms with Gasteiger partial charge in [-0.2, -0.15) is 0 Å². The summed E-state index contributed by atoms with van der Waals surface area (Å²) in [5, 5.41) is 11.4. The van der Waals surface area contributed by atoms with Gasteiger partial charge in [0, 0.05) is 6.54 Å². The molecule has 0 fully saturated rings. The zero-order valence-corrected chi connectivity index (χ0v) is 9.70. The molecule has 14 heavy (non-hydrogen) atoms. The Hall–Kier alpha value is -0.900. The second-order valence-electron chi connectivity index (χ2n) is 4.08. The average Bonchev–Trinajstić information content (AvgIpc) is 2.48. The molecule has 0 radical (unpaired) electrons. The molecule has 0 aliphatic heterocycles. The molecule has 80 valence electrons. The van der Waals surface area contributed by atoms with Crippen LogP contribution in [-0.4, -0.2) is 22.0 Å². The predicted molar refractivity (Wildman–Crippen MR) is 57.1 cm³/mol. The van der Waals surface area contributed by atoms with Gasteiger partial charge in [0.1, 0.15) is 0 Å². The highest BCUT2D eigenvalue weighted by Gasteiger charge is 2.15. The van der Waals surface area contributed by atoms with Gasteiger partial charge in [0.15, 0.2) is 0 Å².